The van der Waals surface area contributed by atoms with Gasteiger partial charge in [-0.05, 0) is 74.4 Å². The van der Waals surface area contributed by atoms with Gasteiger partial charge in [-0.1, -0.05) is 18.2 Å². The summed E-state index contributed by atoms with van der Waals surface area (Å²) in [5, 5.41) is 4.19. The SMILES string of the molecule is O=C(Nc1ccc(SCC(=O)n2c3c(c4ccccc42)CCCC3)cc1)C1CC1. The van der Waals surface area contributed by atoms with Crippen LogP contribution in [0.25, 0.3) is 10.9 Å². The number of carbonyl (C=O) groups is 2. The second-order valence-electron chi connectivity index (χ2n) is 7.96. The Hall–Kier alpha value is -2.53. The lowest BCUT2D eigenvalue weighted by molar-refractivity contribution is -0.117. The topological polar surface area (TPSA) is 51.1 Å². The minimum Gasteiger partial charge on any atom is -0.326 e. The number of hydrogen-bond acceptors (Lipinski definition) is 3. The fraction of sp³-hybridized carbons (Fsp3) is 0.333. The van der Waals surface area contributed by atoms with Crippen molar-refractivity contribution in [1.29, 1.82) is 0 Å². The number of carbonyl (C=O) groups excluding carboxylic acids is 2. The first-order valence-corrected chi connectivity index (χ1v) is 11.4. The zero-order chi connectivity index (χ0) is 19.8. The third-order valence-electron chi connectivity index (χ3n) is 5.86. The molecule has 0 atom stereocenters. The van der Waals surface area contributed by atoms with Crippen LogP contribution in [-0.2, 0) is 17.6 Å². The summed E-state index contributed by atoms with van der Waals surface area (Å²) >= 11 is 1.55. The normalized spacial score (nSPS) is 15.9. The van der Waals surface area contributed by atoms with Gasteiger partial charge in [0.15, 0.2) is 0 Å². The summed E-state index contributed by atoms with van der Waals surface area (Å²) in [5.74, 6) is 0.855. The zero-order valence-electron chi connectivity index (χ0n) is 16.3. The van der Waals surface area contributed by atoms with Gasteiger partial charge in [0.2, 0.25) is 11.8 Å². The number of para-hydroxylation sites is 1. The van der Waals surface area contributed by atoms with Crippen LogP contribution in [0.4, 0.5) is 5.69 Å². The Labute approximate surface area is 174 Å². The molecule has 0 unspecified atom stereocenters. The van der Waals surface area contributed by atoms with Crippen LogP contribution < -0.4 is 5.32 Å². The Kier molecular flexibility index (Phi) is 4.92. The molecule has 2 aliphatic rings. The lowest BCUT2D eigenvalue weighted by atomic mass is 9.96. The third kappa shape index (κ3) is 3.71. The van der Waals surface area contributed by atoms with Crippen LogP contribution in [-0.4, -0.2) is 22.1 Å². The summed E-state index contributed by atoms with van der Waals surface area (Å²) < 4.78 is 1.96. The molecule has 1 saturated carbocycles. The molecule has 1 fully saturated rings. The Morgan fingerprint density at radius 1 is 1.00 bits per heavy atom. The van der Waals surface area contributed by atoms with E-state index in [4.69, 9.17) is 0 Å². The van der Waals surface area contributed by atoms with Gasteiger partial charge in [0, 0.05) is 27.6 Å². The molecule has 148 valence electrons. The largest absolute Gasteiger partial charge is 0.326 e. The summed E-state index contributed by atoms with van der Waals surface area (Å²) in [6.07, 6.45) is 6.40. The van der Waals surface area contributed by atoms with Crippen LogP contribution in [0.1, 0.15) is 41.7 Å². The van der Waals surface area contributed by atoms with Gasteiger partial charge >= 0.3 is 0 Å². The van der Waals surface area contributed by atoms with Gasteiger partial charge in [0.05, 0.1) is 11.3 Å². The average molecular weight is 405 g/mol. The van der Waals surface area contributed by atoms with Crippen LogP contribution in [0.5, 0.6) is 0 Å². The summed E-state index contributed by atoms with van der Waals surface area (Å²) in [6, 6.07) is 16.1. The number of aromatic nitrogens is 1. The summed E-state index contributed by atoms with van der Waals surface area (Å²) in [6.45, 7) is 0. The number of hydrogen-bond donors (Lipinski definition) is 1. The third-order valence-corrected chi connectivity index (χ3v) is 6.86. The van der Waals surface area contributed by atoms with E-state index >= 15 is 0 Å². The number of aryl methyl sites for hydroxylation is 1. The minimum atomic E-state index is 0.116. The average Bonchev–Trinajstić information content (AvgIpc) is 3.55. The summed E-state index contributed by atoms with van der Waals surface area (Å²) in [4.78, 5) is 26.0. The first kappa shape index (κ1) is 18.5. The molecule has 0 aliphatic heterocycles. The number of amides is 1. The molecule has 2 aliphatic carbocycles. The highest BCUT2D eigenvalue weighted by molar-refractivity contribution is 8.00. The van der Waals surface area contributed by atoms with Crippen LogP contribution in [0.3, 0.4) is 0 Å². The van der Waals surface area contributed by atoms with E-state index in [0.717, 1.165) is 48.2 Å². The molecular formula is C24H24N2O2S. The van der Waals surface area contributed by atoms with Crippen molar-refractivity contribution in [3.8, 4) is 0 Å². The molecule has 1 N–H and O–H groups in total. The van der Waals surface area contributed by atoms with Gasteiger partial charge in [-0.3, -0.25) is 14.2 Å². The smallest absolute Gasteiger partial charge is 0.241 e. The monoisotopic (exact) mass is 404 g/mol. The molecule has 1 amide bonds. The first-order chi connectivity index (χ1) is 14.2. The second kappa shape index (κ2) is 7.71. The van der Waals surface area contributed by atoms with Gasteiger partial charge < -0.3 is 5.32 Å². The van der Waals surface area contributed by atoms with E-state index in [9.17, 15) is 9.59 Å². The number of fused-ring (bicyclic) bond motifs is 3. The number of benzene rings is 2. The number of thioether (sulfide) groups is 1. The van der Waals surface area contributed by atoms with E-state index in [1.54, 1.807) is 11.8 Å². The van der Waals surface area contributed by atoms with Crippen LogP contribution in [0.15, 0.2) is 53.4 Å². The highest BCUT2D eigenvalue weighted by Gasteiger charge is 2.29. The zero-order valence-corrected chi connectivity index (χ0v) is 17.1. The van der Waals surface area contributed by atoms with Gasteiger partial charge in [0.1, 0.15) is 0 Å². The van der Waals surface area contributed by atoms with Gasteiger partial charge in [0.25, 0.3) is 0 Å². The maximum absolute atomic E-state index is 13.1. The molecule has 29 heavy (non-hydrogen) atoms. The second-order valence-corrected chi connectivity index (χ2v) is 9.00. The highest BCUT2D eigenvalue weighted by atomic mass is 32.2. The molecule has 2 aromatic carbocycles. The minimum absolute atomic E-state index is 0.116. The molecule has 1 aromatic heterocycles. The molecular weight excluding hydrogens is 380 g/mol. The number of nitrogens with zero attached hydrogens (tertiary/aromatic N) is 1. The van der Waals surface area contributed by atoms with Crippen molar-refractivity contribution in [2.24, 2.45) is 5.92 Å². The van der Waals surface area contributed by atoms with E-state index in [-0.39, 0.29) is 17.7 Å². The first-order valence-electron chi connectivity index (χ1n) is 10.4. The van der Waals surface area contributed by atoms with E-state index in [1.165, 1.54) is 23.1 Å². The molecule has 4 nitrogen and oxygen atoms in total. The van der Waals surface area contributed by atoms with Crippen molar-refractivity contribution in [3.63, 3.8) is 0 Å². The van der Waals surface area contributed by atoms with Gasteiger partial charge in [-0.25, -0.2) is 0 Å². The van der Waals surface area contributed by atoms with Crippen molar-refractivity contribution in [2.75, 3.05) is 11.1 Å². The van der Waals surface area contributed by atoms with Crippen LogP contribution >= 0.6 is 11.8 Å². The van der Waals surface area contributed by atoms with Crippen molar-refractivity contribution in [2.45, 2.75) is 43.4 Å². The Morgan fingerprint density at radius 3 is 2.55 bits per heavy atom. The molecule has 0 saturated heterocycles. The summed E-state index contributed by atoms with van der Waals surface area (Å²) in [5.41, 5.74) is 4.44. The maximum Gasteiger partial charge on any atom is 0.241 e. The van der Waals surface area contributed by atoms with Crippen molar-refractivity contribution >= 4 is 40.2 Å². The Balaban J connectivity index is 1.30. The van der Waals surface area contributed by atoms with Crippen molar-refractivity contribution < 1.29 is 9.59 Å². The quantitative estimate of drug-likeness (QED) is 0.587. The highest BCUT2D eigenvalue weighted by Crippen LogP contribution is 2.33. The molecule has 0 spiro atoms. The molecule has 0 radical (unpaired) electrons. The van der Waals surface area contributed by atoms with Crippen molar-refractivity contribution in [1.82, 2.24) is 4.57 Å². The van der Waals surface area contributed by atoms with E-state index < -0.39 is 0 Å². The van der Waals surface area contributed by atoms with Gasteiger partial charge in [-0.2, -0.15) is 0 Å². The van der Waals surface area contributed by atoms with E-state index in [0.29, 0.717) is 5.75 Å². The number of rotatable bonds is 5. The van der Waals surface area contributed by atoms with E-state index in [1.807, 2.05) is 34.9 Å². The number of anilines is 1. The predicted octanol–water partition coefficient (Wildman–Crippen LogP) is 5.30. The van der Waals surface area contributed by atoms with Crippen LogP contribution in [0.2, 0.25) is 0 Å². The molecule has 5 heteroatoms. The predicted molar refractivity (Wildman–Crippen MR) is 118 cm³/mol. The Bertz CT molecular complexity index is 1080. The molecule has 5 rings (SSSR count). The molecule has 1 heterocycles. The lowest BCUT2D eigenvalue weighted by Crippen LogP contribution is -2.18. The van der Waals surface area contributed by atoms with Crippen LogP contribution in [0, 0.1) is 5.92 Å². The van der Waals surface area contributed by atoms with E-state index in [2.05, 4.69) is 23.5 Å². The standard InChI is InChI=1S/C24H24N2O2S/c27-23(15-29-18-13-11-17(12-14-18)25-24(28)16-9-10-16)26-21-7-3-1-5-19(21)20-6-2-4-8-22(20)26/h1,3,5,7,11-14,16H,2,4,6,8-10,15H2,(H,25,28). The van der Waals surface area contributed by atoms with Crippen molar-refractivity contribution in [3.05, 3.63) is 59.8 Å². The fourth-order valence-electron chi connectivity index (χ4n) is 4.21. The molecule has 3 aromatic rings. The molecule has 0 bridgehead atoms. The lowest BCUT2D eigenvalue weighted by Gasteiger charge is -2.15. The maximum atomic E-state index is 13.1. The number of nitrogens with one attached hydrogen (secondary N) is 1. The summed E-state index contributed by atoms with van der Waals surface area (Å²) in [7, 11) is 0. The van der Waals surface area contributed by atoms with Gasteiger partial charge in [-0.15, -0.1) is 11.8 Å². The Morgan fingerprint density at radius 2 is 1.76 bits per heavy atom. The fourth-order valence-corrected chi connectivity index (χ4v) is 4.96.